The van der Waals surface area contributed by atoms with Gasteiger partial charge in [-0.15, -0.1) is 0 Å². The monoisotopic (exact) mass is 285 g/mol. The number of carbonyl (C=O) groups is 1. The van der Waals surface area contributed by atoms with E-state index in [1.165, 1.54) is 6.26 Å². The summed E-state index contributed by atoms with van der Waals surface area (Å²) in [5.74, 6) is 0.715. The van der Waals surface area contributed by atoms with Gasteiger partial charge in [-0.05, 0) is 55.8 Å². The number of sulfonamides is 1. The van der Waals surface area contributed by atoms with Crippen molar-refractivity contribution in [2.45, 2.75) is 32.1 Å². The van der Waals surface area contributed by atoms with Crippen LogP contribution in [0.5, 0.6) is 0 Å². The van der Waals surface area contributed by atoms with Gasteiger partial charge < -0.3 is 5.73 Å². The Kier molecular flexibility index (Phi) is 2.78. The first-order valence-electron chi connectivity index (χ1n) is 6.83. The highest BCUT2D eigenvalue weighted by Gasteiger charge is 2.60. The molecule has 107 valence electrons. The van der Waals surface area contributed by atoms with Gasteiger partial charge in [0.1, 0.15) is 0 Å². The van der Waals surface area contributed by atoms with E-state index in [1.54, 1.807) is 0 Å². The van der Waals surface area contributed by atoms with Crippen LogP contribution in [0, 0.1) is 29.1 Å². The average Bonchev–Trinajstić information content (AvgIpc) is 2.24. The molecule has 0 saturated heterocycles. The smallest absolute Gasteiger partial charge is 0.223 e. The minimum absolute atomic E-state index is 0.0707. The van der Waals surface area contributed by atoms with E-state index in [0.717, 1.165) is 25.7 Å². The van der Waals surface area contributed by atoms with Crippen LogP contribution in [0.25, 0.3) is 0 Å². The number of carbonyl (C=O) groups excluding carboxylic acids is 1. The summed E-state index contributed by atoms with van der Waals surface area (Å²) in [6.07, 6.45) is 8.06. The van der Waals surface area contributed by atoms with Gasteiger partial charge in [-0.3, -0.25) is 4.79 Å². The average molecular weight is 285 g/mol. The maximum atomic E-state index is 11.8. The lowest BCUT2D eigenvalue weighted by Gasteiger charge is -2.60. The van der Waals surface area contributed by atoms with E-state index < -0.39 is 15.4 Å². The van der Waals surface area contributed by atoms with E-state index in [1.807, 2.05) is 0 Å². The van der Waals surface area contributed by atoms with Crippen LogP contribution in [-0.2, 0) is 14.8 Å². The standard InChI is InChI=1S/C13H21N2O3S/c1-19(17,18)15-8-12-3-9-2-10(4-12)6-13(5-9,7-12)11(14)16/h5,9-10,15H,2-4,6-8H2,1H3,(H2,14,16). The molecule has 4 saturated carbocycles. The fourth-order valence-electron chi connectivity index (χ4n) is 4.87. The van der Waals surface area contributed by atoms with Gasteiger partial charge >= 0.3 is 0 Å². The lowest BCUT2D eigenvalue weighted by atomic mass is 9.44. The van der Waals surface area contributed by atoms with Crippen LogP contribution in [0.4, 0.5) is 0 Å². The third kappa shape index (κ3) is 2.29. The largest absolute Gasteiger partial charge is 0.369 e. The van der Waals surface area contributed by atoms with Gasteiger partial charge in [0.2, 0.25) is 15.9 Å². The van der Waals surface area contributed by atoms with Crippen molar-refractivity contribution >= 4 is 15.9 Å². The Morgan fingerprint density at radius 1 is 1.42 bits per heavy atom. The van der Waals surface area contributed by atoms with E-state index >= 15 is 0 Å². The third-order valence-electron chi connectivity index (χ3n) is 5.15. The molecular weight excluding hydrogens is 264 g/mol. The maximum absolute atomic E-state index is 11.8. The van der Waals surface area contributed by atoms with E-state index in [-0.39, 0.29) is 11.3 Å². The molecule has 3 N–H and O–H groups in total. The molecule has 4 atom stereocenters. The number of amides is 1. The summed E-state index contributed by atoms with van der Waals surface area (Å²) >= 11 is 0. The summed E-state index contributed by atoms with van der Waals surface area (Å²) < 4.78 is 25.3. The molecule has 5 nitrogen and oxygen atoms in total. The molecule has 0 aromatic carbocycles. The van der Waals surface area contributed by atoms with Crippen LogP contribution < -0.4 is 10.5 Å². The minimum atomic E-state index is -3.18. The highest BCUT2D eigenvalue weighted by molar-refractivity contribution is 7.88. The molecule has 4 rings (SSSR count). The number of primary amides is 1. The minimum Gasteiger partial charge on any atom is -0.369 e. The number of nitrogens with two attached hydrogens (primary N) is 1. The Labute approximate surface area is 114 Å². The molecule has 0 aromatic rings. The van der Waals surface area contributed by atoms with Gasteiger partial charge in [0.25, 0.3) is 0 Å². The van der Waals surface area contributed by atoms with Crippen molar-refractivity contribution in [1.29, 1.82) is 0 Å². The molecule has 0 spiro atoms. The molecule has 1 amide bonds. The molecular formula is C13H21N2O3S. The summed E-state index contributed by atoms with van der Waals surface area (Å²) in [6.45, 7) is 0.446. The number of hydrogen-bond donors (Lipinski definition) is 2. The van der Waals surface area contributed by atoms with Crippen molar-refractivity contribution in [3.63, 3.8) is 0 Å². The molecule has 4 fully saturated rings. The first kappa shape index (κ1) is 13.4. The third-order valence-corrected chi connectivity index (χ3v) is 5.82. The zero-order valence-electron chi connectivity index (χ0n) is 11.2. The van der Waals surface area contributed by atoms with E-state index in [0.29, 0.717) is 24.8 Å². The van der Waals surface area contributed by atoms with Gasteiger partial charge in [0.05, 0.1) is 11.7 Å². The Hall–Kier alpha value is -0.620. The van der Waals surface area contributed by atoms with Gasteiger partial charge in [0, 0.05) is 6.54 Å². The quantitative estimate of drug-likeness (QED) is 0.784. The number of nitrogens with one attached hydrogen (secondary N) is 1. The normalized spacial score (nSPS) is 44.5. The highest BCUT2D eigenvalue weighted by Crippen LogP contribution is 2.64. The Morgan fingerprint density at radius 3 is 2.74 bits per heavy atom. The molecule has 1 radical (unpaired) electrons. The second kappa shape index (κ2) is 3.95. The summed E-state index contributed by atoms with van der Waals surface area (Å²) in [5.41, 5.74) is 5.07. The molecule has 19 heavy (non-hydrogen) atoms. The molecule has 6 heteroatoms. The topological polar surface area (TPSA) is 89.3 Å². The van der Waals surface area contributed by atoms with Crippen molar-refractivity contribution in [3.8, 4) is 0 Å². The lowest BCUT2D eigenvalue weighted by molar-refractivity contribution is -0.141. The van der Waals surface area contributed by atoms with E-state index in [2.05, 4.69) is 11.1 Å². The van der Waals surface area contributed by atoms with Gasteiger partial charge in [-0.25, -0.2) is 13.1 Å². The van der Waals surface area contributed by atoms with Crippen LogP contribution in [-0.4, -0.2) is 27.1 Å². The van der Waals surface area contributed by atoms with Crippen molar-refractivity contribution in [1.82, 2.24) is 4.72 Å². The van der Waals surface area contributed by atoms with Gasteiger partial charge in [-0.2, -0.15) is 0 Å². The Bertz CT molecular complexity index is 500. The zero-order chi connectivity index (χ0) is 13.9. The van der Waals surface area contributed by atoms with E-state index in [9.17, 15) is 13.2 Å². The summed E-state index contributed by atoms with van der Waals surface area (Å²) in [4.78, 5) is 11.8. The number of hydrogen-bond acceptors (Lipinski definition) is 3. The highest BCUT2D eigenvalue weighted by atomic mass is 32.2. The van der Waals surface area contributed by atoms with Crippen LogP contribution in [0.15, 0.2) is 0 Å². The SMILES string of the molecule is CS(=O)(=O)NCC12CC3[CH]C(C(N)=O)(CC(C3)C1)C2. The van der Waals surface area contributed by atoms with Crippen molar-refractivity contribution < 1.29 is 13.2 Å². The summed E-state index contributed by atoms with van der Waals surface area (Å²) in [7, 11) is -3.18. The van der Waals surface area contributed by atoms with Crippen LogP contribution >= 0.6 is 0 Å². The molecule has 4 aliphatic rings. The van der Waals surface area contributed by atoms with Crippen molar-refractivity contribution in [2.24, 2.45) is 28.4 Å². The first-order valence-corrected chi connectivity index (χ1v) is 8.72. The fraction of sp³-hybridized carbons (Fsp3) is 0.846. The van der Waals surface area contributed by atoms with Crippen LogP contribution in [0.1, 0.15) is 32.1 Å². The predicted molar refractivity (Wildman–Crippen MR) is 71.3 cm³/mol. The van der Waals surface area contributed by atoms with Gasteiger partial charge in [0.15, 0.2) is 0 Å². The molecule has 0 heterocycles. The van der Waals surface area contributed by atoms with Crippen molar-refractivity contribution in [3.05, 3.63) is 6.42 Å². The lowest BCUT2D eigenvalue weighted by Crippen LogP contribution is -2.59. The molecule has 4 unspecified atom stereocenters. The number of rotatable bonds is 4. The van der Waals surface area contributed by atoms with Crippen LogP contribution in [0.2, 0.25) is 0 Å². The van der Waals surface area contributed by atoms with Gasteiger partial charge in [-0.1, -0.05) is 0 Å². The molecule has 4 aliphatic carbocycles. The van der Waals surface area contributed by atoms with E-state index in [4.69, 9.17) is 5.73 Å². The second-order valence-electron chi connectivity index (χ2n) is 6.93. The second-order valence-corrected chi connectivity index (χ2v) is 8.76. The Balaban J connectivity index is 1.85. The summed E-state index contributed by atoms with van der Waals surface area (Å²) in [6, 6.07) is 0. The zero-order valence-corrected chi connectivity index (χ0v) is 12.0. The Morgan fingerprint density at radius 2 is 2.16 bits per heavy atom. The predicted octanol–water partition coefficient (Wildman–Crippen LogP) is 0.422. The fourth-order valence-corrected chi connectivity index (χ4v) is 5.44. The summed E-state index contributed by atoms with van der Waals surface area (Å²) in [5, 5.41) is 0. The van der Waals surface area contributed by atoms with Crippen molar-refractivity contribution in [2.75, 3.05) is 12.8 Å². The molecule has 0 aliphatic heterocycles. The molecule has 0 aromatic heterocycles. The first-order chi connectivity index (χ1) is 8.72. The van der Waals surface area contributed by atoms with Crippen LogP contribution in [0.3, 0.4) is 0 Å². The molecule has 4 bridgehead atoms. The maximum Gasteiger partial charge on any atom is 0.223 e.